The van der Waals surface area contributed by atoms with E-state index >= 15 is 0 Å². The zero-order valence-corrected chi connectivity index (χ0v) is 17.2. The van der Waals surface area contributed by atoms with Crippen LogP contribution in [0.5, 0.6) is 0 Å². The van der Waals surface area contributed by atoms with Crippen LogP contribution in [0, 0.1) is 13.8 Å². The van der Waals surface area contributed by atoms with Crippen LogP contribution in [0.1, 0.15) is 30.9 Å². The molecular weight excluding hydrogens is 382 g/mol. The summed E-state index contributed by atoms with van der Waals surface area (Å²) in [5, 5.41) is 17.4. The van der Waals surface area contributed by atoms with Gasteiger partial charge in [0, 0.05) is 11.7 Å². The second-order valence-corrected chi connectivity index (χ2v) is 9.15. The van der Waals surface area contributed by atoms with Gasteiger partial charge in [0.15, 0.2) is 4.34 Å². The van der Waals surface area contributed by atoms with Crippen molar-refractivity contribution < 1.29 is 9.59 Å². The lowest BCUT2D eigenvalue weighted by atomic mass is 10.1. The first kappa shape index (κ1) is 19.6. The zero-order valence-electron chi connectivity index (χ0n) is 15.5. The molecule has 1 saturated carbocycles. The summed E-state index contributed by atoms with van der Waals surface area (Å²) in [6, 6.07) is 6.34. The standard InChI is InChI=1S/C18H23N5O2S2/c1-10-5-4-6-11(2)15(10)21-14(24)9-19-16(25)12(3)26-18-23-22-17(27-18)20-13-7-8-13/h4-6,12-13H,7-9H2,1-3H3,(H,19,25)(H,20,22)(H,21,24). The monoisotopic (exact) mass is 405 g/mol. The highest BCUT2D eigenvalue weighted by Crippen LogP contribution is 2.32. The highest BCUT2D eigenvalue weighted by Gasteiger charge is 2.23. The molecule has 1 aromatic heterocycles. The third-order valence-corrected chi connectivity index (χ3v) is 6.17. The molecule has 0 spiro atoms. The van der Waals surface area contributed by atoms with Gasteiger partial charge in [0.05, 0.1) is 11.8 Å². The Labute approximate surface area is 166 Å². The number of anilines is 2. The van der Waals surface area contributed by atoms with Crippen LogP contribution in [0.3, 0.4) is 0 Å². The third kappa shape index (κ3) is 5.67. The Balaban J connectivity index is 1.45. The SMILES string of the molecule is Cc1cccc(C)c1NC(=O)CNC(=O)C(C)Sc1nnc(NC2CC2)s1. The van der Waals surface area contributed by atoms with E-state index in [4.69, 9.17) is 0 Å². The Kier molecular flexibility index (Phi) is 6.33. The molecule has 3 N–H and O–H groups in total. The lowest BCUT2D eigenvalue weighted by Crippen LogP contribution is -2.37. The minimum Gasteiger partial charge on any atom is -0.357 e. The first-order valence-corrected chi connectivity index (χ1v) is 10.5. The summed E-state index contributed by atoms with van der Waals surface area (Å²) in [5.74, 6) is -0.451. The van der Waals surface area contributed by atoms with Crippen LogP contribution in [0.2, 0.25) is 0 Å². The largest absolute Gasteiger partial charge is 0.357 e. The van der Waals surface area contributed by atoms with Crippen LogP contribution in [0.15, 0.2) is 22.5 Å². The maximum atomic E-state index is 12.3. The van der Waals surface area contributed by atoms with E-state index in [9.17, 15) is 9.59 Å². The minimum atomic E-state index is -0.361. The quantitative estimate of drug-likeness (QED) is 0.585. The second-order valence-electron chi connectivity index (χ2n) is 6.58. The Morgan fingerprint density at radius 2 is 1.96 bits per heavy atom. The maximum Gasteiger partial charge on any atom is 0.243 e. The van der Waals surface area contributed by atoms with Crippen molar-refractivity contribution in [3.05, 3.63) is 29.3 Å². The first-order chi connectivity index (χ1) is 12.9. The van der Waals surface area contributed by atoms with Gasteiger partial charge in [0.1, 0.15) is 0 Å². The fourth-order valence-electron chi connectivity index (χ4n) is 2.43. The van der Waals surface area contributed by atoms with Gasteiger partial charge in [-0.15, -0.1) is 10.2 Å². The Bertz CT molecular complexity index is 815. The predicted octanol–water partition coefficient (Wildman–Crippen LogP) is 2.96. The van der Waals surface area contributed by atoms with E-state index in [-0.39, 0.29) is 23.6 Å². The van der Waals surface area contributed by atoms with Crippen molar-refractivity contribution in [3.8, 4) is 0 Å². The molecular formula is C18H23N5O2S2. The number of thioether (sulfide) groups is 1. The Morgan fingerprint density at radius 3 is 2.63 bits per heavy atom. The maximum absolute atomic E-state index is 12.3. The van der Waals surface area contributed by atoms with Crippen LogP contribution < -0.4 is 16.0 Å². The molecule has 1 heterocycles. The average Bonchev–Trinajstić information content (AvgIpc) is 3.34. The number of nitrogens with zero attached hydrogens (tertiary/aromatic N) is 2. The van der Waals surface area contributed by atoms with E-state index in [2.05, 4.69) is 26.1 Å². The summed E-state index contributed by atoms with van der Waals surface area (Å²) >= 11 is 2.79. The van der Waals surface area contributed by atoms with Gasteiger partial charge in [0.2, 0.25) is 16.9 Å². The van der Waals surface area contributed by atoms with E-state index in [1.165, 1.54) is 35.9 Å². The average molecular weight is 406 g/mol. The van der Waals surface area contributed by atoms with Crippen molar-refractivity contribution in [3.63, 3.8) is 0 Å². The van der Waals surface area contributed by atoms with E-state index in [0.29, 0.717) is 6.04 Å². The van der Waals surface area contributed by atoms with Gasteiger partial charge in [-0.2, -0.15) is 0 Å². The Morgan fingerprint density at radius 1 is 1.26 bits per heavy atom. The third-order valence-electron chi connectivity index (χ3n) is 4.13. The van der Waals surface area contributed by atoms with E-state index in [1.54, 1.807) is 6.92 Å². The van der Waals surface area contributed by atoms with Gasteiger partial charge in [-0.25, -0.2) is 0 Å². The molecule has 1 aliphatic carbocycles. The van der Waals surface area contributed by atoms with Gasteiger partial charge in [0.25, 0.3) is 0 Å². The number of aromatic nitrogens is 2. The fourth-order valence-corrected chi connectivity index (χ4v) is 4.43. The van der Waals surface area contributed by atoms with Crippen LogP contribution in [0.4, 0.5) is 10.8 Å². The van der Waals surface area contributed by atoms with E-state index in [0.717, 1.165) is 26.3 Å². The van der Waals surface area contributed by atoms with Gasteiger partial charge in [-0.05, 0) is 44.7 Å². The van der Waals surface area contributed by atoms with Gasteiger partial charge >= 0.3 is 0 Å². The molecule has 1 atom stereocenters. The van der Waals surface area contributed by atoms with Crippen LogP contribution in [-0.2, 0) is 9.59 Å². The number of hydrogen-bond acceptors (Lipinski definition) is 7. The molecule has 0 aliphatic heterocycles. The van der Waals surface area contributed by atoms with Crippen molar-refractivity contribution in [2.24, 2.45) is 0 Å². The lowest BCUT2D eigenvalue weighted by molar-refractivity contribution is -0.123. The molecule has 9 heteroatoms. The van der Waals surface area contributed by atoms with Gasteiger partial charge in [-0.1, -0.05) is 41.3 Å². The van der Waals surface area contributed by atoms with Crippen molar-refractivity contribution in [2.75, 3.05) is 17.2 Å². The number of carbonyl (C=O) groups is 2. The molecule has 0 saturated heterocycles. The predicted molar refractivity (Wildman–Crippen MR) is 109 cm³/mol. The molecule has 1 fully saturated rings. The molecule has 1 aliphatic rings. The fraction of sp³-hybridized carbons (Fsp3) is 0.444. The molecule has 0 radical (unpaired) electrons. The van der Waals surface area contributed by atoms with Crippen LogP contribution in [0.25, 0.3) is 0 Å². The first-order valence-electron chi connectivity index (χ1n) is 8.83. The molecule has 2 aromatic rings. The molecule has 7 nitrogen and oxygen atoms in total. The summed E-state index contributed by atoms with van der Waals surface area (Å²) in [5.41, 5.74) is 2.78. The molecule has 1 aromatic carbocycles. The molecule has 2 amide bonds. The van der Waals surface area contributed by atoms with Crippen molar-refractivity contribution >= 4 is 45.7 Å². The molecule has 3 rings (SSSR count). The number of para-hydroxylation sites is 1. The summed E-state index contributed by atoms with van der Waals surface area (Å²) in [4.78, 5) is 24.4. The summed E-state index contributed by atoms with van der Waals surface area (Å²) in [7, 11) is 0. The van der Waals surface area contributed by atoms with Crippen molar-refractivity contribution in [1.29, 1.82) is 0 Å². The summed E-state index contributed by atoms with van der Waals surface area (Å²) in [6.45, 7) is 5.60. The normalized spacial score (nSPS) is 14.5. The second kappa shape index (κ2) is 8.71. The molecule has 0 bridgehead atoms. The molecule has 27 heavy (non-hydrogen) atoms. The zero-order chi connectivity index (χ0) is 19.4. The lowest BCUT2D eigenvalue weighted by Gasteiger charge is -2.13. The minimum absolute atomic E-state index is 0.0673. The van der Waals surface area contributed by atoms with Gasteiger partial charge < -0.3 is 16.0 Å². The van der Waals surface area contributed by atoms with Crippen molar-refractivity contribution in [1.82, 2.24) is 15.5 Å². The number of nitrogens with one attached hydrogen (secondary N) is 3. The van der Waals surface area contributed by atoms with E-state index in [1.807, 2.05) is 32.0 Å². The smallest absolute Gasteiger partial charge is 0.243 e. The number of rotatable bonds is 8. The summed E-state index contributed by atoms with van der Waals surface area (Å²) < 4.78 is 0.737. The topological polar surface area (TPSA) is 96.0 Å². The highest BCUT2D eigenvalue weighted by molar-refractivity contribution is 8.02. The number of aryl methyl sites for hydroxylation is 2. The van der Waals surface area contributed by atoms with E-state index < -0.39 is 0 Å². The van der Waals surface area contributed by atoms with Crippen molar-refractivity contribution in [2.45, 2.75) is 49.2 Å². The van der Waals surface area contributed by atoms with Gasteiger partial charge in [-0.3, -0.25) is 9.59 Å². The number of amides is 2. The van der Waals surface area contributed by atoms with Crippen LogP contribution >= 0.6 is 23.1 Å². The number of carbonyl (C=O) groups excluding carboxylic acids is 2. The Hall–Kier alpha value is -2.13. The van der Waals surface area contributed by atoms with Crippen LogP contribution in [-0.4, -0.2) is 39.8 Å². The number of benzene rings is 1. The molecule has 1 unspecified atom stereocenters. The summed E-state index contributed by atoms with van der Waals surface area (Å²) in [6.07, 6.45) is 2.34. The number of hydrogen-bond donors (Lipinski definition) is 3. The highest BCUT2D eigenvalue weighted by atomic mass is 32.2. The molecule has 144 valence electrons.